The van der Waals surface area contributed by atoms with Crippen molar-refractivity contribution in [3.05, 3.63) is 0 Å². The number of rotatable bonds is 9. The maximum atomic E-state index is 11.5. The third-order valence-electron chi connectivity index (χ3n) is 3.40. The van der Waals surface area contributed by atoms with Crippen LogP contribution in [0.15, 0.2) is 0 Å². The zero-order chi connectivity index (χ0) is 17.8. The van der Waals surface area contributed by atoms with Crippen molar-refractivity contribution in [2.75, 3.05) is 32.0 Å². The van der Waals surface area contributed by atoms with Gasteiger partial charge in [0, 0.05) is 5.75 Å². The van der Waals surface area contributed by atoms with Gasteiger partial charge in [-0.3, -0.25) is 9.59 Å². The summed E-state index contributed by atoms with van der Waals surface area (Å²) in [6.07, 6.45) is 0. The topological polar surface area (TPSA) is 87.9 Å². The van der Waals surface area contributed by atoms with Crippen LogP contribution in [0.3, 0.4) is 0 Å². The van der Waals surface area contributed by atoms with Gasteiger partial charge in [0.2, 0.25) is 5.12 Å². The quantitative estimate of drug-likeness (QED) is 0.375. The number of nitrogens with one attached hydrogen (secondary N) is 1. The fourth-order valence-electron chi connectivity index (χ4n) is 1.32. The van der Waals surface area contributed by atoms with E-state index in [9.17, 15) is 19.0 Å². The Labute approximate surface area is 138 Å². The van der Waals surface area contributed by atoms with Gasteiger partial charge in [-0.05, 0) is 46.1 Å². The molecule has 0 saturated heterocycles. The summed E-state index contributed by atoms with van der Waals surface area (Å²) in [4.78, 5) is 34.3. The monoisotopic (exact) mass is 354 g/mol. The third-order valence-corrected chi connectivity index (χ3v) is 4.94. The summed E-state index contributed by atoms with van der Waals surface area (Å²) in [5.41, 5.74) is -1.02. The molecule has 22 heavy (non-hydrogen) atoms. The predicted octanol–water partition coefficient (Wildman–Crippen LogP) is 0.827. The second-order valence-electron chi connectivity index (χ2n) is 5.18. The predicted molar refractivity (Wildman–Crippen MR) is 88.1 cm³/mol. The van der Waals surface area contributed by atoms with Crippen LogP contribution in [0.1, 0.15) is 41.5 Å². The maximum absolute atomic E-state index is 11.5. The molecule has 0 saturated carbocycles. The molecule has 0 radical (unpaired) electrons. The molecule has 0 amide bonds. The maximum Gasteiger partial charge on any atom is 0.488 e. The van der Waals surface area contributed by atoms with E-state index in [0.29, 0.717) is 0 Å². The van der Waals surface area contributed by atoms with Crippen molar-refractivity contribution >= 4 is 30.9 Å². The number of carbonyl (C=O) groups is 2. The number of thioether (sulfide) groups is 1. The Morgan fingerprint density at radius 2 is 1.64 bits per heavy atom. The molecule has 1 unspecified atom stereocenters. The Balaban J connectivity index is 0. The summed E-state index contributed by atoms with van der Waals surface area (Å²) >= 11 is 0.902. The summed E-state index contributed by atoms with van der Waals surface area (Å²) in [5, 5.41) is -0.278. The number of ketones is 1. The first kappa shape index (κ1) is 23.9. The average Bonchev–Trinajstić information content (AvgIpc) is 2.45. The molecule has 0 aliphatic heterocycles. The van der Waals surface area contributed by atoms with E-state index in [1.807, 2.05) is 0 Å². The van der Waals surface area contributed by atoms with E-state index in [-0.39, 0.29) is 23.3 Å². The van der Waals surface area contributed by atoms with Crippen LogP contribution >= 0.6 is 20.0 Å². The zero-order valence-corrected chi connectivity index (χ0v) is 16.1. The van der Waals surface area contributed by atoms with Gasteiger partial charge in [0.05, 0.1) is 25.0 Å². The van der Waals surface area contributed by atoms with E-state index in [1.165, 1.54) is 26.6 Å². The molecule has 0 aliphatic carbocycles. The molecule has 0 heterocycles. The smallest absolute Gasteiger partial charge is 0.488 e. The van der Waals surface area contributed by atoms with Crippen molar-refractivity contribution in [1.29, 1.82) is 0 Å². The summed E-state index contributed by atoms with van der Waals surface area (Å²) in [6, 6.07) is 0. The summed E-state index contributed by atoms with van der Waals surface area (Å²) in [6.45, 7) is 14.9. The van der Waals surface area contributed by atoms with E-state index >= 15 is 0 Å². The first-order valence-electron chi connectivity index (χ1n) is 7.42. The summed E-state index contributed by atoms with van der Waals surface area (Å²) < 4.78 is 14.3. The minimum Gasteiger partial charge on any atom is -0.566 e. The minimum atomic E-state index is -2.86. The van der Waals surface area contributed by atoms with Gasteiger partial charge in [0.15, 0.2) is 0 Å². The molecule has 6 nitrogen and oxygen atoms in total. The normalized spacial score (nSPS) is 11.7. The van der Waals surface area contributed by atoms with Gasteiger partial charge in [-0.25, -0.2) is 0 Å². The molecule has 1 atom stereocenters. The fraction of sp³-hybridized carbons (Fsp3) is 0.857. The Bertz CT molecular complexity index is 354. The van der Waals surface area contributed by atoms with Crippen LogP contribution in [0.25, 0.3) is 0 Å². The third kappa shape index (κ3) is 11.3. The number of carbonyl (C=O) groups excluding carboxylic acids is 2. The van der Waals surface area contributed by atoms with Crippen molar-refractivity contribution in [2.45, 2.75) is 41.5 Å². The standard InChI is InChI=1S/C8H13O5PS.C6H15N/c1-6(9)8(2,3)7(10)15-5-4-13-14(11)12;1-4-7(5-2)6-3/h4-5H2,1-3H3;4-6H2,1-3H3/p+1. The van der Waals surface area contributed by atoms with Crippen LogP contribution in [0, 0.1) is 5.41 Å². The lowest BCUT2D eigenvalue weighted by molar-refractivity contribution is -0.894. The second-order valence-corrected chi connectivity index (χ2v) is 6.96. The van der Waals surface area contributed by atoms with Crippen LogP contribution in [-0.4, -0.2) is 42.9 Å². The Morgan fingerprint density at radius 3 is 1.91 bits per heavy atom. The molecule has 0 fully saturated rings. The molecule has 8 heteroatoms. The lowest BCUT2D eigenvalue weighted by atomic mass is 9.91. The number of quaternary nitrogens is 1. The SMILES string of the molecule is CC(=O)C(C)(C)C(=O)SCCO[P+](=O)[O-].CC[NH+](CC)CC. The lowest BCUT2D eigenvalue weighted by Gasteiger charge is -2.17. The van der Waals surface area contributed by atoms with Crippen LogP contribution in [0.4, 0.5) is 0 Å². The Kier molecular flexibility index (Phi) is 14.3. The molecular formula is C14H29NO5PS+. The number of hydrogen-bond acceptors (Lipinski definition) is 6. The van der Waals surface area contributed by atoms with Crippen LogP contribution in [0.5, 0.6) is 0 Å². The minimum absolute atomic E-state index is 0.0525. The van der Waals surface area contributed by atoms with E-state index < -0.39 is 13.7 Å². The summed E-state index contributed by atoms with van der Waals surface area (Å²) in [5.74, 6) is 0.00888. The summed E-state index contributed by atoms with van der Waals surface area (Å²) in [7, 11) is -2.86. The largest absolute Gasteiger partial charge is 0.566 e. The average molecular weight is 354 g/mol. The van der Waals surface area contributed by atoms with Gasteiger partial charge >= 0.3 is 8.25 Å². The number of hydrogen-bond donors (Lipinski definition) is 1. The molecule has 0 spiro atoms. The molecule has 0 rings (SSSR count). The van der Waals surface area contributed by atoms with Gasteiger partial charge in [-0.1, -0.05) is 11.8 Å². The molecule has 0 aromatic carbocycles. The highest BCUT2D eigenvalue weighted by Crippen LogP contribution is 2.25. The van der Waals surface area contributed by atoms with Crippen molar-refractivity contribution in [3.8, 4) is 0 Å². The second kappa shape index (κ2) is 13.1. The molecule has 0 bridgehead atoms. The van der Waals surface area contributed by atoms with Gasteiger partial charge in [0.1, 0.15) is 12.4 Å². The number of Topliss-reactive ketones (excluding diaryl/α,β-unsaturated/α-hetero) is 1. The van der Waals surface area contributed by atoms with E-state index in [4.69, 9.17) is 0 Å². The highest BCUT2D eigenvalue weighted by molar-refractivity contribution is 8.13. The fourth-order valence-corrected chi connectivity index (χ4v) is 2.54. The molecular weight excluding hydrogens is 325 g/mol. The van der Waals surface area contributed by atoms with Crippen molar-refractivity contribution in [3.63, 3.8) is 0 Å². The van der Waals surface area contributed by atoms with Crippen molar-refractivity contribution in [1.82, 2.24) is 0 Å². The molecule has 1 N–H and O–H groups in total. The van der Waals surface area contributed by atoms with Gasteiger partial charge in [-0.15, -0.1) is 4.52 Å². The van der Waals surface area contributed by atoms with Gasteiger partial charge in [-0.2, -0.15) is 0 Å². The highest BCUT2D eigenvalue weighted by atomic mass is 32.2. The zero-order valence-electron chi connectivity index (χ0n) is 14.4. The molecule has 0 aromatic rings. The molecule has 130 valence electrons. The van der Waals surface area contributed by atoms with Crippen molar-refractivity contribution < 1.29 is 28.5 Å². The van der Waals surface area contributed by atoms with Gasteiger partial charge in [0.25, 0.3) is 0 Å². The molecule has 0 aromatic heterocycles. The highest BCUT2D eigenvalue weighted by Gasteiger charge is 2.32. The van der Waals surface area contributed by atoms with Crippen molar-refractivity contribution in [2.24, 2.45) is 5.41 Å². The lowest BCUT2D eigenvalue weighted by Crippen LogP contribution is -3.11. The van der Waals surface area contributed by atoms with Gasteiger partial charge < -0.3 is 9.79 Å². The molecule has 0 aliphatic rings. The Morgan fingerprint density at radius 1 is 1.18 bits per heavy atom. The van der Waals surface area contributed by atoms with Crippen LogP contribution < -0.4 is 9.79 Å². The van der Waals surface area contributed by atoms with E-state index in [1.54, 1.807) is 18.7 Å². The first-order valence-corrected chi connectivity index (χ1v) is 9.50. The van der Waals surface area contributed by atoms with E-state index in [0.717, 1.165) is 11.8 Å². The van der Waals surface area contributed by atoms with Crippen LogP contribution in [-0.2, 0) is 18.7 Å². The Hall–Kier alpha value is -0.330. The van der Waals surface area contributed by atoms with Crippen LogP contribution in [0.2, 0.25) is 0 Å². The van der Waals surface area contributed by atoms with E-state index in [2.05, 4.69) is 25.3 Å². The first-order chi connectivity index (χ1) is 10.1.